The van der Waals surface area contributed by atoms with Crippen molar-refractivity contribution in [1.82, 2.24) is 9.97 Å². The fourth-order valence-electron chi connectivity index (χ4n) is 2.01. The first-order valence-electron chi connectivity index (χ1n) is 7.02. The average molecular weight is 264 g/mol. The van der Waals surface area contributed by atoms with E-state index in [9.17, 15) is 0 Å². The Kier molecular flexibility index (Phi) is 4.77. The van der Waals surface area contributed by atoms with Gasteiger partial charge in [0.05, 0.1) is 0 Å². The Bertz CT molecular complexity index is 433. The van der Waals surface area contributed by atoms with Crippen molar-refractivity contribution in [3.63, 3.8) is 0 Å². The van der Waals surface area contributed by atoms with Crippen LogP contribution in [0.4, 0.5) is 11.6 Å². The minimum Gasteiger partial charge on any atom is -0.383 e. The minimum atomic E-state index is -0.0977. The first-order chi connectivity index (χ1) is 8.61. The maximum Gasteiger partial charge on any atom is 0.138 e. The molecule has 0 spiro atoms. The van der Waals surface area contributed by atoms with Crippen LogP contribution in [0.25, 0.3) is 0 Å². The highest BCUT2D eigenvalue weighted by atomic mass is 15.1. The van der Waals surface area contributed by atoms with Crippen LogP contribution >= 0.6 is 0 Å². The third-order valence-electron chi connectivity index (χ3n) is 3.06. The predicted molar refractivity (Wildman–Crippen MR) is 82.4 cm³/mol. The molecule has 1 aromatic heterocycles. The molecule has 0 radical (unpaired) electrons. The predicted octanol–water partition coefficient (Wildman–Crippen LogP) is 3.51. The van der Waals surface area contributed by atoms with Crippen LogP contribution in [0.5, 0.6) is 0 Å². The van der Waals surface area contributed by atoms with Crippen molar-refractivity contribution in [3.8, 4) is 0 Å². The maximum atomic E-state index is 6.00. The molecule has 4 heteroatoms. The lowest BCUT2D eigenvalue weighted by molar-refractivity contribution is 0.531. The van der Waals surface area contributed by atoms with E-state index in [0.717, 1.165) is 23.6 Å². The highest BCUT2D eigenvalue weighted by Gasteiger charge is 2.21. The van der Waals surface area contributed by atoms with Crippen molar-refractivity contribution in [2.75, 3.05) is 11.1 Å². The van der Waals surface area contributed by atoms with Crippen LogP contribution in [0.2, 0.25) is 0 Å². The van der Waals surface area contributed by atoms with Crippen LogP contribution < -0.4 is 11.1 Å². The minimum absolute atomic E-state index is 0.0977. The van der Waals surface area contributed by atoms with E-state index in [1.54, 1.807) is 0 Å². The Morgan fingerprint density at radius 3 is 2.21 bits per heavy atom. The molecule has 1 aromatic rings. The van der Waals surface area contributed by atoms with Crippen molar-refractivity contribution in [1.29, 1.82) is 0 Å². The van der Waals surface area contributed by atoms with Gasteiger partial charge in [0.25, 0.3) is 0 Å². The first-order valence-corrected chi connectivity index (χ1v) is 7.02. The van der Waals surface area contributed by atoms with Crippen molar-refractivity contribution < 1.29 is 0 Å². The fourth-order valence-corrected chi connectivity index (χ4v) is 2.01. The molecule has 0 saturated heterocycles. The highest BCUT2D eigenvalue weighted by molar-refractivity contribution is 5.55. The Morgan fingerprint density at radius 1 is 1.16 bits per heavy atom. The van der Waals surface area contributed by atoms with Crippen LogP contribution in [-0.4, -0.2) is 16.0 Å². The summed E-state index contributed by atoms with van der Waals surface area (Å²) in [6, 6.07) is 0.376. The summed E-state index contributed by atoms with van der Waals surface area (Å²) < 4.78 is 0. The summed E-state index contributed by atoms with van der Waals surface area (Å²) in [7, 11) is 0. The van der Waals surface area contributed by atoms with Crippen LogP contribution in [0.3, 0.4) is 0 Å². The van der Waals surface area contributed by atoms with E-state index in [-0.39, 0.29) is 5.41 Å². The van der Waals surface area contributed by atoms with E-state index in [1.807, 2.05) is 6.92 Å². The third kappa shape index (κ3) is 4.37. The third-order valence-corrected chi connectivity index (χ3v) is 3.06. The molecule has 1 heterocycles. The van der Waals surface area contributed by atoms with Gasteiger partial charge in [0.1, 0.15) is 17.5 Å². The molecule has 0 aliphatic heterocycles. The molecule has 1 unspecified atom stereocenters. The van der Waals surface area contributed by atoms with Gasteiger partial charge in [-0.05, 0) is 26.2 Å². The Hall–Kier alpha value is -1.32. The number of anilines is 2. The lowest BCUT2D eigenvalue weighted by atomic mass is 9.95. The summed E-state index contributed by atoms with van der Waals surface area (Å²) in [5.41, 5.74) is 6.84. The summed E-state index contributed by atoms with van der Waals surface area (Å²) in [6.45, 7) is 14.9. The molecule has 4 nitrogen and oxygen atoms in total. The Morgan fingerprint density at radius 2 is 1.74 bits per heavy atom. The van der Waals surface area contributed by atoms with Gasteiger partial charge in [0.2, 0.25) is 0 Å². The van der Waals surface area contributed by atoms with Crippen molar-refractivity contribution in [2.24, 2.45) is 5.92 Å². The number of hydrogen-bond donors (Lipinski definition) is 2. The second kappa shape index (κ2) is 5.76. The second-order valence-corrected chi connectivity index (χ2v) is 6.83. The number of nitrogens with zero attached hydrogens (tertiary/aromatic N) is 2. The van der Waals surface area contributed by atoms with Crippen LogP contribution in [0.1, 0.15) is 59.4 Å². The first kappa shape index (κ1) is 15.7. The average Bonchev–Trinajstić information content (AvgIpc) is 2.21. The summed E-state index contributed by atoms with van der Waals surface area (Å²) >= 11 is 0. The summed E-state index contributed by atoms with van der Waals surface area (Å²) in [6.07, 6.45) is 1.11. The molecule has 0 amide bonds. The van der Waals surface area contributed by atoms with Gasteiger partial charge in [-0.3, -0.25) is 0 Å². The zero-order valence-corrected chi connectivity index (χ0v) is 13.3. The zero-order chi connectivity index (χ0) is 14.8. The molecule has 0 aromatic carbocycles. The van der Waals surface area contributed by atoms with Gasteiger partial charge in [-0.1, -0.05) is 34.6 Å². The summed E-state index contributed by atoms with van der Waals surface area (Å²) in [5.74, 6) is 2.88. The SMILES string of the molecule is Cc1c(N)nc(C(C)(C)C)nc1NC(C)CC(C)C. The lowest BCUT2D eigenvalue weighted by Gasteiger charge is -2.22. The van der Waals surface area contributed by atoms with Gasteiger partial charge in [-0.25, -0.2) is 9.97 Å². The van der Waals surface area contributed by atoms with Crippen molar-refractivity contribution >= 4 is 11.6 Å². The van der Waals surface area contributed by atoms with Gasteiger partial charge in [0, 0.05) is 17.0 Å². The van der Waals surface area contributed by atoms with Crippen molar-refractivity contribution in [3.05, 3.63) is 11.4 Å². The highest BCUT2D eigenvalue weighted by Crippen LogP contribution is 2.25. The largest absolute Gasteiger partial charge is 0.383 e. The maximum absolute atomic E-state index is 6.00. The van der Waals surface area contributed by atoms with E-state index in [2.05, 4.69) is 56.8 Å². The summed E-state index contributed by atoms with van der Waals surface area (Å²) in [5, 5.41) is 3.46. The van der Waals surface area contributed by atoms with Gasteiger partial charge in [-0.2, -0.15) is 0 Å². The van der Waals surface area contributed by atoms with Crippen molar-refractivity contribution in [2.45, 2.75) is 66.3 Å². The van der Waals surface area contributed by atoms with Gasteiger partial charge < -0.3 is 11.1 Å². The van der Waals surface area contributed by atoms with E-state index in [0.29, 0.717) is 17.8 Å². The molecule has 3 N–H and O–H groups in total. The number of nitrogen functional groups attached to an aromatic ring is 1. The zero-order valence-electron chi connectivity index (χ0n) is 13.3. The van der Waals surface area contributed by atoms with Crippen LogP contribution in [0.15, 0.2) is 0 Å². The molecule has 0 aliphatic rings. The number of nitrogens with two attached hydrogens (primary N) is 1. The molecule has 0 bridgehead atoms. The van der Waals surface area contributed by atoms with Crippen LogP contribution in [0, 0.1) is 12.8 Å². The molecule has 19 heavy (non-hydrogen) atoms. The van der Waals surface area contributed by atoms with E-state index in [1.165, 1.54) is 0 Å². The monoisotopic (exact) mass is 264 g/mol. The molecule has 1 atom stereocenters. The lowest BCUT2D eigenvalue weighted by Crippen LogP contribution is -2.23. The molecule has 1 rings (SSSR count). The molecular formula is C15H28N4. The fraction of sp³-hybridized carbons (Fsp3) is 0.733. The Labute approximate surface area is 117 Å². The van der Waals surface area contributed by atoms with Gasteiger partial charge in [0.15, 0.2) is 0 Å². The molecular weight excluding hydrogens is 236 g/mol. The molecule has 0 aliphatic carbocycles. The quantitative estimate of drug-likeness (QED) is 0.873. The second-order valence-electron chi connectivity index (χ2n) is 6.83. The smallest absolute Gasteiger partial charge is 0.138 e. The van der Waals surface area contributed by atoms with E-state index >= 15 is 0 Å². The molecule has 0 fully saturated rings. The van der Waals surface area contributed by atoms with E-state index < -0.39 is 0 Å². The normalized spacial score (nSPS) is 13.7. The molecule has 0 saturated carbocycles. The van der Waals surface area contributed by atoms with E-state index in [4.69, 9.17) is 5.73 Å². The number of hydrogen-bond acceptors (Lipinski definition) is 4. The number of nitrogens with one attached hydrogen (secondary N) is 1. The Balaban J connectivity index is 3.03. The number of rotatable bonds is 4. The molecule has 108 valence electrons. The summed E-state index contributed by atoms with van der Waals surface area (Å²) in [4.78, 5) is 9.05. The van der Waals surface area contributed by atoms with Crippen LogP contribution in [-0.2, 0) is 5.41 Å². The standard InChI is InChI=1S/C15H28N4/c1-9(2)8-10(3)17-13-11(4)12(16)18-14(19-13)15(5,6)7/h9-10H,8H2,1-7H3,(H3,16,17,18,19). The number of aromatic nitrogens is 2. The van der Waals surface area contributed by atoms with Gasteiger partial charge in [-0.15, -0.1) is 0 Å². The van der Waals surface area contributed by atoms with Gasteiger partial charge >= 0.3 is 0 Å². The topological polar surface area (TPSA) is 63.8 Å².